The summed E-state index contributed by atoms with van der Waals surface area (Å²) in [6.07, 6.45) is 0. The molecule has 19 heavy (non-hydrogen) atoms. The second-order valence-corrected chi connectivity index (χ2v) is 6.03. The highest BCUT2D eigenvalue weighted by molar-refractivity contribution is 9.11. The lowest BCUT2D eigenvalue weighted by molar-refractivity contribution is 0.414. The van der Waals surface area contributed by atoms with E-state index in [4.69, 9.17) is 4.74 Å². The third-order valence-corrected chi connectivity index (χ3v) is 3.87. The maximum absolute atomic E-state index is 5.19. The van der Waals surface area contributed by atoms with Crippen LogP contribution < -0.4 is 10.1 Å². The van der Waals surface area contributed by atoms with Gasteiger partial charge in [-0.1, -0.05) is 44.0 Å². The summed E-state index contributed by atoms with van der Waals surface area (Å²) in [7, 11) is 3.64. The molecule has 0 fully saturated rings. The van der Waals surface area contributed by atoms with Crippen LogP contribution in [0.5, 0.6) is 5.75 Å². The van der Waals surface area contributed by atoms with Gasteiger partial charge in [-0.05, 0) is 48.5 Å². The van der Waals surface area contributed by atoms with E-state index in [1.807, 2.05) is 25.2 Å². The summed E-state index contributed by atoms with van der Waals surface area (Å²) in [4.78, 5) is 0. The molecule has 2 aromatic rings. The average molecular weight is 385 g/mol. The van der Waals surface area contributed by atoms with Crippen molar-refractivity contribution in [2.24, 2.45) is 0 Å². The van der Waals surface area contributed by atoms with Crippen molar-refractivity contribution in [3.8, 4) is 5.75 Å². The molecule has 2 aromatic carbocycles. The van der Waals surface area contributed by atoms with E-state index in [1.165, 1.54) is 11.1 Å². The fraction of sp³-hybridized carbons (Fsp3) is 0.200. The van der Waals surface area contributed by atoms with E-state index >= 15 is 0 Å². The first-order valence-corrected chi connectivity index (χ1v) is 7.50. The van der Waals surface area contributed by atoms with Gasteiger partial charge >= 0.3 is 0 Å². The molecule has 0 amide bonds. The van der Waals surface area contributed by atoms with Crippen LogP contribution in [-0.4, -0.2) is 14.2 Å². The summed E-state index contributed by atoms with van der Waals surface area (Å²) in [5, 5.41) is 3.34. The minimum Gasteiger partial charge on any atom is -0.497 e. The first-order chi connectivity index (χ1) is 9.13. The highest BCUT2D eigenvalue weighted by Crippen LogP contribution is 2.28. The van der Waals surface area contributed by atoms with Crippen molar-refractivity contribution < 1.29 is 4.74 Å². The van der Waals surface area contributed by atoms with Gasteiger partial charge in [-0.3, -0.25) is 0 Å². The van der Waals surface area contributed by atoms with Crippen molar-refractivity contribution in [2.75, 3.05) is 14.2 Å². The van der Waals surface area contributed by atoms with Crippen molar-refractivity contribution in [1.82, 2.24) is 5.32 Å². The van der Waals surface area contributed by atoms with Gasteiger partial charge in [-0.2, -0.15) is 0 Å². The Balaban J connectivity index is 2.37. The largest absolute Gasteiger partial charge is 0.497 e. The molecule has 0 saturated heterocycles. The number of hydrogen-bond donors (Lipinski definition) is 1. The Morgan fingerprint density at radius 1 is 0.947 bits per heavy atom. The normalized spacial score (nSPS) is 12.2. The molecule has 0 aliphatic rings. The zero-order valence-electron chi connectivity index (χ0n) is 10.8. The molecular weight excluding hydrogens is 370 g/mol. The van der Waals surface area contributed by atoms with Gasteiger partial charge in [-0.15, -0.1) is 0 Å². The van der Waals surface area contributed by atoms with Gasteiger partial charge in [0.2, 0.25) is 0 Å². The van der Waals surface area contributed by atoms with E-state index in [9.17, 15) is 0 Å². The maximum Gasteiger partial charge on any atom is 0.118 e. The van der Waals surface area contributed by atoms with Crippen LogP contribution in [0.15, 0.2) is 51.4 Å². The van der Waals surface area contributed by atoms with Gasteiger partial charge < -0.3 is 10.1 Å². The first-order valence-electron chi connectivity index (χ1n) is 5.91. The summed E-state index contributed by atoms with van der Waals surface area (Å²) < 4.78 is 7.31. The number of methoxy groups -OCH3 is 1. The molecule has 0 aliphatic heterocycles. The Morgan fingerprint density at radius 2 is 1.53 bits per heavy atom. The van der Waals surface area contributed by atoms with E-state index < -0.39 is 0 Å². The summed E-state index contributed by atoms with van der Waals surface area (Å²) >= 11 is 7.06. The van der Waals surface area contributed by atoms with Crippen LogP contribution in [0.2, 0.25) is 0 Å². The molecular formula is C15H15Br2NO. The van der Waals surface area contributed by atoms with Crippen LogP contribution >= 0.6 is 31.9 Å². The maximum atomic E-state index is 5.19. The third kappa shape index (κ3) is 3.59. The van der Waals surface area contributed by atoms with Gasteiger partial charge in [0.15, 0.2) is 0 Å². The van der Waals surface area contributed by atoms with Crippen LogP contribution in [0, 0.1) is 0 Å². The predicted molar refractivity (Wildman–Crippen MR) is 85.7 cm³/mol. The van der Waals surface area contributed by atoms with E-state index in [0.29, 0.717) is 0 Å². The molecule has 0 saturated carbocycles. The molecule has 100 valence electrons. The minimum atomic E-state index is 0.153. The number of ether oxygens (including phenoxy) is 1. The van der Waals surface area contributed by atoms with E-state index in [1.54, 1.807) is 7.11 Å². The van der Waals surface area contributed by atoms with Crippen LogP contribution in [0.3, 0.4) is 0 Å². The second kappa shape index (κ2) is 6.55. The zero-order valence-corrected chi connectivity index (χ0v) is 14.0. The van der Waals surface area contributed by atoms with Crippen LogP contribution in [0.4, 0.5) is 0 Å². The third-order valence-electron chi connectivity index (χ3n) is 2.96. The zero-order chi connectivity index (χ0) is 13.8. The standard InChI is InChI=1S/C15H15Br2NO/c1-18-15(10-3-5-14(19-2)6-4-10)11-7-12(16)9-13(17)8-11/h3-9,15,18H,1-2H3. The fourth-order valence-corrected chi connectivity index (χ4v) is 3.39. The van der Waals surface area contributed by atoms with Gasteiger partial charge in [-0.25, -0.2) is 0 Å². The Bertz CT molecular complexity index is 534. The Hall–Kier alpha value is -0.840. The molecule has 1 atom stereocenters. The molecule has 0 spiro atoms. The molecule has 0 bridgehead atoms. The summed E-state index contributed by atoms with van der Waals surface area (Å²) in [5.74, 6) is 0.869. The van der Waals surface area contributed by atoms with E-state index in [0.717, 1.165) is 14.7 Å². The second-order valence-electron chi connectivity index (χ2n) is 4.20. The van der Waals surface area contributed by atoms with Crippen LogP contribution in [0.1, 0.15) is 17.2 Å². The molecule has 0 heterocycles. The van der Waals surface area contributed by atoms with Crippen LogP contribution in [0.25, 0.3) is 0 Å². The number of halogens is 2. The van der Waals surface area contributed by atoms with Crippen molar-refractivity contribution in [2.45, 2.75) is 6.04 Å². The molecule has 0 aliphatic carbocycles. The smallest absolute Gasteiger partial charge is 0.118 e. The van der Waals surface area contributed by atoms with E-state index in [-0.39, 0.29) is 6.04 Å². The lowest BCUT2D eigenvalue weighted by Gasteiger charge is -2.18. The average Bonchev–Trinajstić information content (AvgIpc) is 2.39. The Kier molecular flexibility index (Phi) is 5.02. The van der Waals surface area contributed by atoms with Crippen molar-refractivity contribution in [3.05, 3.63) is 62.5 Å². The Labute approximate surface area is 130 Å². The van der Waals surface area contributed by atoms with Gasteiger partial charge in [0, 0.05) is 8.95 Å². The number of rotatable bonds is 4. The summed E-state index contributed by atoms with van der Waals surface area (Å²) in [6.45, 7) is 0. The number of benzene rings is 2. The van der Waals surface area contributed by atoms with Gasteiger partial charge in [0.25, 0.3) is 0 Å². The molecule has 2 rings (SSSR count). The quantitative estimate of drug-likeness (QED) is 0.836. The number of nitrogens with one attached hydrogen (secondary N) is 1. The predicted octanol–water partition coefficient (Wildman–Crippen LogP) is 4.53. The first kappa shape index (κ1) is 14.6. The molecule has 1 N–H and O–H groups in total. The van der Waals surface area contributed by atoms with Crippen molar-refractivity contribution in [3.63, 3.8) is 0 Å². The molecule has 4 heteroatoms. The lowest BCUT2D eigenvalue weighted by atomic mass is 9.99. The molecule has 0 aromatic heterocycles. The van der Waals surface area contributed by atoms with Crippen molar-refractivity contribution >= 4 is 31.9 Å². The van der Waals surface area contributed by atoms with Gasteiger partial charge in [0.05, 0.1) is 13.2 Å². The monoisotopic (exact) mass is 383 g/mol. The topological polar surface area (TPSA) is 21.3 Å². The van der Waals surface area contributed by atoms with Crippen LogP contribution in [-0.2, 0) is 0 Å². The van der Waals surface area contributed by atoms with Crippen molar-refractivity contribution in [1.29, 1.82) is 0 Å². The highest BCUT2D eigenvalue weighted by Gasteiger charge is 2.13. The SMILES string of the molecule is CNC(c1ccc(OC)cc1)c1cc(Br)cc(Br)c1. The summed E-state index contributed by atoms with van der Waals surface area (Å²) in [5.41, 5.74) is 2.40. The fourth-order valence-electron chi connectivity index (χ4n) is 2.06. The minimum absolute atomic E-state index is 0.153. The Morgan fingerprint density at radius 3 is 2.00 bits per heavy atom. The molecule has 1 unspecified atom stereocenters. The number of hydrogen-bond acceptors (Lipinski definition) is 2. The summed E-state index contributed by atoms with van der Waals surface area (Å²) in [6, 6.07) is 14.5. The molecule has 0 radical (unpaired) electrons. The molecule has 2 nitrogen and oxygen atoms in total. The lowest BCUT2D eigenvalue weighted by Crippen LogP contribution is -2.17. The van der Waals surface area contributed by atoms with E-state index in [2.05, 4.69) is 61.4 Å². The highest BCUT2D eigenvalue weighted by atomic mass is 79.9. The van der Waals surface area contributed by atoms with Gasteiger partial charge in [0.1, 0.15) is 5.75 Å².